The molecule has 0 bridgehead atoms. The van der Waals surface area contributed by atoms with Crippen molar-refractivity contribution < 1.29 is 9.59 Å². The van der Waals surface area contributed by atoms with E-state index in [0.29, 0.717) is 12.5 Å². The third-order valence-corrected chi connectivity index (χ3v) is 3.36. The van der Waals surface area contributed by atoms with Crippen molar-refractivity contribution in [2.45, 2.75) is 26.3 Å². The van der Waals surface area contributed by atoms with Crippen LogP contribution in [0.2, 0.25) is 0 Å². The lowest BCUT2D eigenvalue weighted by molar-refractivity contribution is -0.146. The van der Waals surface area contributed by atoms with Crippen molar-refractivity contribution in [3.8, 4) is 0 Å². The summed E-state index contributed by atoms with van der Waals surface area (Å²) in [6.07, 6.45) is 0.905. The molecule has 0 saturated carbocycles. The molecule has 1 aromatic rings. The predicted octanol–water partition coefficient (Wildman–Crippen LogP) is 1.73. The summed E-state index contributed by atoms with van der Waals surface area (Å²) in [6, 6.07) is 8.99. The van der Waals surface area contributed by atoms with Crippen LogP contribution in [0.4, 0.5) is 0 Å². The highest BCUT2D eigenvalue weighted by atomic mass is 16.2. The maximum absolute atomic E-state index is 12.1. The minimum absolute atomic E-state index is 0.00546. The average molecular weight is 260 g/mol. The summed E-state index contributed by atoms with van der Waals surface area (Å²) in [4.78, 5) is 25.8. The van der Waals surface area contributed by atoms with Crippen molar-refractivity contribution in [2.24, 2.45) is 5.92 Å². The van der Waals surface area contributed by atoms with Gasteiger partial charge in [-0.25, -0.2) is 0 Å². The van der Waals surface area contributed by atoms with Crippen LogP contribution in [-0.4, -0.2) is 29.8 Å². The average Bonchev–Trinajstić information content (AvgIpc) is 2.40. The second kappa shape index (κ2) is 5.87. The molecule has 1 aliphatic rings. The fraction of sp³-hybridized carbons (Fsp3) is 0.467. The molecule has 0 spiro atoms. The lowest BCUT2D eigenvalue weighted by Crippen LogP contribution is -2.53. The summed E-state index contributed by atoms with van der Waals surface area (Å²) in [5.74, 6) is 0.415. The van der Waals surface area contributed by atoms with E-state index < -0.39 is 6.04 Å². The monoisotopic (exact) mass is 260 g/mol. The second-order valence-corrected chi connectivity index (χ2v) is 5.30. The van der Waals surface area contributed by atoms with E-state index in [1.165, 1.54) is 0 Å². The molecule has 1 atom stereocenters. The minimum Gasteiger partial charge on any atom is -0.345 e. The molecule has 1 aromatic carbocycles. The van der Waals surface area contributed by atoms with E-state index in [1.807, 2.05) is 30.3 Å². The lowest BCUT2D eigenvalue weighted by Gasteiger charge is -2.35. The van der Waals surface area contributed by atoms with Crippen molar-refractivity contribution in [3.63, 3.8) is 0 Å². The zero-order chi connectivity index (χ0) is 13.8. The van der Waals surface area contributed by atoms with Gasteiger partial charge in [-0.2, -0.15) is 0 Å². The molecule has 1 N–H and O–H groups in total. The summed E-state index contributed by atoms with van der Waals surface area (Å²) in [7, 11) is 0. The van der Waals surface area contributed by atoms with Crippen molar-refractivity contribution in [1.29, 1.82) is 0 Å². The molecule has 102 valence electrons. The highest BCUT2D eigenvalue weighted by Crippen LogP contribution is 2.24. The highest BCUT2D eigenvalue weighted by Gasteiger charge is 2.35. The van der Waals surface area contributed by atoms with E-state index in [-0.39, 0.29) is 18.4 Å². The Labute approximate surface area is 113 Å². The Morgan fingerprint density at radius 1 is 1.26 bits per heavy atom. The van der Waals surface area contributed by atoms with Crippen molar-refractivity contribution >= 4 is 11.8 Å². The van der Waals surface area contributed by atoms with E-state index in [1.54, 1.807) is 4.90 Å². The van der Waals surface area contributed by atoms with Gasteiger partial charge in [0, 0.05) is 6.54 Å². The Morgan fingerprint density at radius 3 is 2.58 bits per heavy atom. The lowest BCUT2D eigenvalue weighted by atomic mass is 10.0. The standard InChI is InChI=1S/C15H20N2O2/c1-11(2)8-9-17-13(18)10-16-15(19)14(17)12-6-4-3-5-7-12/h3-7,11,14H,8-10H2,1-2H3,(H,16,19). The number of carbonyl (C=O) groups is 2. The van der Waals surface area contributed by atoms with Gasteiger partial charge in [-0.15, -0.1) is 0 Å². The van der Waals surface area contributed by atoms with Gasteiger partial charge >= 0.3 is 0 Å². The molecule has 2 amide bonds. The summed E-state index contributed by atoms with van der Waals surface area (Å²) >= 11 is 0. The van der Waals surface area contributed by atoms with E-state index in [4.69, 9.17) is 0 Å². The second-order valence-electron chi connectivity index (χ2n) is 5.30. The molecule has 4 nitrogen and oxygen atoms in total. The molecular formula is C15H20N2O2. The first-order chi connectivity index (χ1) is 9.09. The van der Waals surface area contributed by atoms with Gasteiger partial charge in [-0.05, 0) is 17.9 Å². The van der Waals surface area contributed by atoms with Gasteiger partial charge < -0.3 is 10.2 Å². The smallest absolute Gasteiger partial charge is 0.247 e. The fourth-order valence-corrected chi connectivity index (χ4v) is 2.26. The van der Waals surface area contributed by atoms with Crippen LogP contribution in [0.15, 0.2) is 30.3 Å². The summed E-state index contributed by atoms with van der Waals surface area (Å²) in [6.45, 7) is 4.97. The number of nitrogens with zero attached hydrogens (tertiary/aromatic N) is 1. The van der Waals surface area contributed by atoms with E-state index in [0.717, 1.165) is 12.0 Å². The molecule has 1 aliphatic heterocycles. The van der Waals surface area contributed by atoms with Crippen LogP contribution >= 0.6 is 0 Å². The Balaban J connectivity index is 2.23. The van der Waals surface area contributed by atoms with Crippen LogP contribution in [0.5, 0.6) is 0 Å². The van der Waals surface area contributed by atoms with Gasteiger partial charge in [0.2, 0.25) is 11.8 Å². The van der Waals surface area contributed by atoms with E-state index in [2.05, 4.69) is 19.2 Å². The molecule has 1 fully saturated rings. The summed E-state index contributed by atoms with van der Waals surface area (Å²) in [5.41, 5.74) is 0.872. The van der Waals surface area contributed by atoms with Gasteiger partial charge in [0.1, 0.15) is 6.04 Å². The normalized spacial score (nSPS) is 19.7. The van der Waals surface area contributed by atoms with Crippen molar-refractivity contribution in [2.75, 3.05) is 13.1 Å². The van der Waals surface area contributed by atoms with Crippen molar-refractivity contribution in [3.05, 3.63) is 35.9 Å². The first kappa shape index (κ1) is 13.6. The molecule has 0 aliphatic carbocycles. The molecule has 1 unspecified atom stereocenters. The number of piperazine rings is 1. The molecule has 0 aromatic heterocycles. The summed E-state index contributed by atoms with van der Waals surface area (Å²) in [5, 5.41) is 2.67. The van der Waals surface area contributed by atoms with Gasteiger partial charge in [-0.3, -0.25) is 9.59 Å². The number of hydrogen-bond donors (Lipinski definition) is 1. The van der Waals surface area contributed by atoms with Crippen LogP contribution in [-0.2, 0) is 9.59 Å². The third-order valence-electron chi connectivity index (χ3n) is 3.36. The molecule has 4 heteroatoms. The molecule has 2 rings (SSSR count). The third kappa shape index (κ3) is 3.13. The first-order valence-corrected chi connectivity index (χ1v) is 6.71. The van der Waals surface area contributed by atoms with Gasteiger partial charge in [0.25, 0.3) is 0 Å². The first-order valence-electron chi connectivity index (χ1n) is 6.71. The molecular weight excluding hydrogens is 240 g/mol. The minimum atomic E-state index is -0.485. The molecule has 19 heavy (non-hydrogen) atoms. The number of rotatable bonds is 4. The Kier molecular flexibility index (Phi) is 4.20. The fourth-order valence-electron chi connectivity index (χ4n) is 2.26. The largest absolute Gasteiger partial charge is 0.345 e. The number of amides is 2. The van der Waals surface area contributed by atoms with Crippen molar-refractivity contribution in [1.82, 2.24) is 10.2 Å². The van der Waals surface area contributed by atoms with Crippen LogP contribution in [0, 0.1) is 5.92 Å². The highest BCUT2D eigenvalue weighted by molar-refractivity contribution is 5.95. The topological polar surface area (TPSA) is 49.4 Å². The SMILES string of the molecule is CC(C)CCN1C(=O)CNC(=O)C1c1ccccc1. The van der Waals surface area contributed by atoms with Crippen LogP contribution in [0.3, 0.4) is 0 Å². The van der Waals surface area contributed by atoms with Gasteiger partial charge in [0.15, 0.2) is 0 Å². The summed E-state index contributed by atoms with van der Waals surface area (Å²) < 4.78 is 0. The number of benzene rings is 1. The Morgan fingerprint density at radius 2 is 1.95 bits per heavy atom. The van der Waals surface area contributed by atoms with E-state index >= 15 is 0 Å². The zero-order valence-electron chi connectivity index (χ0n) is 11.4. The number of nitrogens with one attached hydrogen (secondary N) is 1. The Hall–Kier alpha value is -1.84. The maximum Gasteiger partial charge on any atom is 0.247 e. The van der Waals surface area contributed by atoms with Crippen LogP contribution in [0.1, 0.15) is 31.9 Å². The van der Waals surface area contributed by atoms with Crippen LogP contribution < -0.4 is 5.32 Å². The molecule has 1 heterocycles. The van der Waals surface area contributed by atoms with E-state index in [9.17, 15) is 9.59 Å². The number of carbonyl (C=O) groups excluding carboxylic acids is 2. The molecule has 1 saturated heterocycles. The van der Waals surface area contributed by atoms with Gasteiger partial charge in [0.05, 0.1) is 6.54 Å². The molecule has 0 radical (unpaired) electrons. The zero-order valence-corrected chi connectivity index (χ0v) is 11.4. The number of hydrogen-bond acceptors (Lipinski definition) is 2. The quantitative estimate of drug-likeness (QED) is 0.896. The van der Waals surface area contributed by atoms with Gasteiger partial charge in [-0.1, -0.05) is 44.2 Å². The Bertz CT molecular complexity index is 456. The van der Waals surface area contributed by atoms with Crippen LogP contribution in [0.25, 0.3) is 0 Å². The maximum atomic E-state index is 12.1. The predicted molar refractivity (Wildman–Crippen MR) is 73.4 cm³/mol.